The van der Waals surface area contributed by atoms with E-state index in [2.05, 4.69) is 0 Å². The molecule has 98 valence electrons. The summed E-state index contributed by atoms with van der Waals surface area (Å²) in [6, 6.07) is 5.71. The summed E-state index contributed by atoms with van der Waals surface area (Å²) in [7, 11) is 0. The minimum atomic E-state index is -1.02. The lowest BCUT2D eigenvalue weighted by Crippen LogP contribution is -2.38. The molecule has 3 N–H and O–H groups in total. The van der Waals surface area contributed by atoms with Gasteiger partial charge < -0.3 is 10.8 Å². The molecule has 2 rings (SSSR count). The van der Waals surface area contributed by atoms with Crippen LogP contribution in [-0.2, 0) is 10.2 Å². The van der Waals surface area contributed by atoms with Crippen molar-refractivity contribution in [3.8, 4) is 0 Å². The number of aliphatic carboxylic acids is 1. The summed E-state index contributed by atoms with van der Waals surface area (Å²) in [4.78, 5) is 10.9. The van der Waals surface area contributed by atoms with Crippen molar-refractivity contribution in [3.63, 3.8) is 0 Å². The zero-order valence-electron chi connectivity index (χ0n) is 10.2. The molecule has 1 aliphatic carbocycles. The number of benzene rings is 1. The Kier molecular flexibility index (Phi) is 3.66. The molecule has 0 radical (unpaired) electrons. The maximum atomic E-state index is 13.9. The van der Waals surface area contributed by atoms with Crippen LogP contribution in [0.3, 0.4) is 0 Å². The van der Waals surface area contributed by atoms with Crippen molar-refractivity contribution in [2.24, 2.45) is 5.73 Å². The van der Waals surface area contributed by atoms with E-state index in [1.165, 1.54) is 6.07 Å². The van der Waals surface area contributed by atoms with Crippen LogP contribution in [0.5, 0.6) is 0 Å². The van der Waals surface area contributed by atoms with Gasteiger partial charge in [0.05, 0.1) is 0 Å². The first-order valence-electron chi connectivity index (χ1n) is 6.28. The molecule has 1 aliphatic rings. The van der Waals surface area contributed by atoms with Crippen LogP contribution < -0.4 is 5.73 Å². The summed E-state index contributed by atoms with van der Waals surface area (Å²) in [5.74, 6) is -1.27. The third-order valence-electron chi connectivity index (χ3n) is 3.93. The molecule has 0 aliphatic heterocycles. The van der Waals surface area contributed by atoms with Crippen molar-refractivity contribution < 1.29 is 14.3 Å². The van der Waals surface area contributed by atoms with Gasteiger partial charge in [-0.2, -0.15) is 0 Å². The lowest BCUT2D eigenvalue weighted by molar-refractivity contribution is -0.139. The molecular formula is C14H18FNO2. The fourth-order valence-electron chi connectivity index (χ4n) is 3.03. The lowest BCUT2D eigenvalue weighted by Gasteiger charge is -2.31. The van der Waals surface area contributed by atoms with Gasteiger partial charge in [-0.05, 0) is 30.9 Å². The van der Waals surface area contributed by atoms with Gasteiger partial charge in [-0.15, -0.1) is 0 Å². The average Bonchev–Trinajstić information content (AvgIpc) is 2.79. The third kappa shape index (κ3) is 2.38. The van der Waals surface area contributed by atoms with Crippen LogP contribution >= 0.6 is 0 Å². The summed E-state index contributed by atoms with van der Waals surface area (Å²) in [5.41, 5.74) is 5.87. The van der Waals surface area contributed by atoms with Crippen molar-refractivity contribution in [2.45, 2.75) is 43.6 Å². The lowest BCUT2D eigenvalue weighted by atomic mass is 9.74. The Bertz CT molecular complexity index is 441. The van der Waals surface area contributed by atoms with Crippen LogP contribution in [-0.4, -0.2) is 17.1 Å². The van der Waals surface area contributed by atoms with E-state index in [-0.39, 0.29) is 5.82 Å². The molecule has 1 aromatic rings. The maximum absolute atomic E-state index is 13.9. The van der Waals surface area contributed by atoms with E-state index in [0.717, 1.165) is 25.7 Å². The molecule has 0 bridgehead atoms. The van der Waals surface area contributed by atoms with E-state index in [0.29, 0.717) is 12.0 Å². The van der Waals surface area contributed by atoms with Gasteiger partial charge >= 0.3 is 5.97 Å². The van der Waals surface area contributed by atoms with E-state index in [1.54, 1.807) is 18.2 Å². The zero-order chi connectivity index (χ0) is 13.2. The first kappa shape index (κ1) is 13.0. The van der Waals surface area contributed by atoms with Gasteiger partial charge in [0.2, 0.25) is 0 Å². The predicted molar refractivity (Wildman–Crippen MR) is 66.8 cm³/mol. The van der Waals surface area contributed by atoms with Crippen LogP contribution in [0.25, 0.3) is 0 Å². The highest BCUT2D eigenvalue weighted by molar-refractivity contribution is 5.73. The molecule has 18 heavy (non-hydrogen) atoms. The predicted octanol–water partition coefficient (Wildman–Crippen LogP) is 2.44. The Labute approximate surface area is 106 Å². The van der Waals surface area contributed by atoms with E-state index in [9.17, 15) is 9.18 Å². The van der Waals surface area contributed by atoms with Gasteiger partial charge in [-0.3, -0.25) is 4.79 Å². The van der Waals surface area contributed by atoms with Gasteiger partial charge in [-0.1, -0.05) is 31.0 Å². The van der Waals surface area contributed by atoms with Crippen molar-refractivity contribution in [1.82, 2.24) is 0 Å². The fraction of sp³-hybridized carbons (Fsp3) is 0.500. The second-order valence-corrected chi connectivity index (χ2v) is 5.12. The summed E-state index contributed by atoms with van der Waals surface area (Å²) >= 11 is 0. The highest BCUT2D eigenvalue weighted by Crippen LogP contribution is 2.45. The highest BCUT2D eigenvalue weighted by Gasteiger charge is 2.40. The van der Waals surface area contributed by atoms with E-state index in [4.69, 9.17) is 10.8 Å². The summed E-state index contributed by atoms with van der Waals surface area (Å²) < 4.78 is 13.9. The minimum absolute atomic E-state index is 0.253. The van der Waals surface area contributed by atoms with Crippen LogP contribution in [0.4, 0.5) is 4.39 Å². The molecule has 0 saturated heterocycles. The van der Waals surface area contributed by atoms with Crippen molar-refractivity contribution in [2.75, 3.05) is 0 Å². The maximum Gasteiger partial charge on any atom is 0.320 e. The molecule has 4 heteroatoms. The van der Waals surface area contributed by atoms with Gasteiger partial charge in [0.1, 0.15) is 11.9 Å². The molecule has 0 aromatic heterocycles. The van der Waals surface area contributed by atoms with Crippen LogP contribution in [0.2, 0.25) is 0 Å². The van der Waals surface area contributed by atoms with E-state index < -0.39 is 17.4 Å². The SMILES string of the molecule is NC(CC1(c2ccccc2F)CCCC1)C(=O)O. The van der Waals surface area contributed by atoms with E-state index >= 15 is 0 Å². The Balaban J connectivity index is 2.33. The van der Waals surface area contributed by atoms with Gasteiger partial charge in [0.25, 0.3) is 0 Å². The number of halogens is 1. The number of hydrogen-bond donors (Lipinski definition) is 2. The summed E-state index contributed by atoms with van der Waals surface area (Å²) in [6.07, 6.45) is 3.94. The number of hydrogen-bond acceptors (Lipinski definition) is 2. The first-order chi connectivity index (χ1) is 8.55. The van der Waals surface area contributed by atoms with Crippen LogP contribution in [0.15, 0.2) is 24.3 Å². The second-order valence-electron chi connectivity index (χ2n) is 5.12. The molecule has 0 amide bonds. The Morgan fingerprint density at radius 1 is 1.39 bits per heavy atom. The molecule has 3 nitrogen and oxygen atoms in total. The largest absolute Gasteiger partial charge is 0.480 e. The first-order valence-corrected chi connectivity index (χ1v) is 6.28. The van der Waals surface area contributed by atoms with Crippen LogP contribution in [0.1, 0.15) is 37.7 Å². The molecule has 1 unspecified atom stereocenters. The van der Waals surface area contributed by atoms with E-state index in [1.807, 2.05) is 0 Å². The summed E-state index contributed by atoms with van der Waals surface area (Å²) in [5, 5.41) is 8.95. The molecular weight excluding hydrogens is 233 g/mol. The molecule has 0 spiro atoms. The minimum Gasteiger partial charge on any atom is -0.480 e. The molecule has 1 atom stereocenters. The molecule has 0 heterocycles. The number of rotatable bonds is 4. The zero-order valence-corrected chi connectivity index (χ0v) is 10.2. The second kappa shape index (κ2) is 5.06. The van der Waals surface area contributed by atoms with Crippen LogP contribution in [0, 0.1) is 5.82 Å². The third-order valence-corrected chi connectivity index (χ3v) is 3.93. The Morgan fingerprint density at radius 2 is 2.00 bits per heavy atom. The Morgan fingerprint density at radius 3 is 2.56 bits per heavy atom. The Hall–Kier alpha value is -1.42. The monoisotopic (exact) mass is 251 g/mol. The van der Waals surface area contributed by atoms with Crippen molar-refractivity contribution >= 4 is 5.97 Å². The number of nitrogens with two attached hydrogens (primary N) is 1. The molecule has 1 aromatic carbocycles. The standard InChI is InChI=1S/C14H18FNO2/c15-11-6-2-1-5-10(11)14(7-3-4-8-14)9-12(16)13(17)18/h1-2,5-6,12H,3-4,7-9,16H2,(H,17,18). The van der Waals surface area contributed by atoms with Gasteiger partial charge in [0.15, 0.2) is 0 Å². The summed E-state index contributed by atoms with van der Waals surface area (Å²) in [6.45, 7) is 0. The normalized spacial score (nSPS) is 19.7. The van der Waals surface area contributed by atoms with Gasteiger partial charge in [-0.25, -0.2) is 4.39 Å². The number of carboxylic acid groups (broad SMARTS) is 1. The number of carboxylic acids is 1. The molecule has 1 fully saturated rings. The van der Waals surface area contributed by atoms with Gasteiger partial charge in [0, 0.05) is 5.41 Å². The quantitative estimate of drug-likeness (QED) is 0.864. The smallest absolute Gasteiger partial charge is 0.320 e. The highest BCUT2D eigenvalue weighted by atomic mass is 19.1. The average molecular weight is 251 g/mol. The fourth-order valence-corrected chi connectivity index (χ4v) is 3.03. The molecule has 1 saturated carbocycles. The van der Waals surface area contributed by atoms with Crippen molar-refractivity contribution in [1.29, 1.82) is 0 Å². The van der Waals surface area contributed by atoms with Crippen molar-refractivity contribution in [3.05, 3.63) is 35.6 Å². The topological polar surface area (TPSA) is 63.3 Å². The number of carbonyl (C=O) groups is 1.